The van der Waals surface area contributed by atoms with Crippen molar-refractivity contribution in [3.63, 3.8) is 0 Å². The Morgan fingerprint density at radius 3 is 2.20 bits per heavy atom. The van der Waals surface area contributed by atoms with Crippen molar-refractivity contribution >= 4 is 43.8 Å². The summed E-state index contributed by atoms with van der Waals surface area (Å²) in [6.45, 7) is -0.470. The molecule has 10 nitrogen and oxygen atoms in total. The van der Waals surface area contributed by atoms with Crippen LogP contribution in [0.5, 0.6) is 0 Å². The molecule has 0 radical (unpaired) electrons. The quantitative estimate of drug-likeness (QED) is 0.174. The monoisotopic (exact) mass is 614 g/mol. The summed E-state index contributed by atoms with van der Waals surface area (Å²) < 4.78 is 60.5. The minimum absolute atomic E-state index is 0.0602. The third-order valence-electron chi connectivity index (χ3n) is 5.82. The van der Waals surface area contributed by atoms with Crippen LogP contribution < -0.4 is 10.1 Å². The fourth-order valence-corrected chi connectivity index (χ4v) is 6.25. The van der Waals surface area contributed by atoms with Crippen molar-refractivity contribution in [3.05, 3.63) is 119 Å². The molecule has 13 heteroatoms. The van der Waals surface area contributed by atoms with E-state index in [-0.39, 0.29) is 28.6 Å². The highest BCUT2D eigenvalue weighted by Crippen LogP contribution is 2.17. The molecule has 0 aliphatic carbocycles. The lowest BCUT2D eigenvalue weighted by Gasteiger charge is -2.21. The molecule has 0 unspecified atom stereocenters. The van der Waals surface area contributed by atoms with Crippen LogP contribution in [-0.2, 0) is 37.8 Å². The molecule has 0 bridgehead atoms. The van der Waals surface area contributed by atoms with Crippen molar-refractivity contribution in [2.45, 2.75) is 22.8 Å². The lowest BCUT2D eigenvalue weighted by Crippen LogP contribution is -2.40. The molecule has 3 aromatic carbocycles. The fraction of sp³-hybridized carbons (Fsp3) is 0.143. The largest absolute Gasteiger partial charge is 0.459 e. The summed E-state index contributed by atoms with van der Waals surface area (Å²) in [5.74, 6) is -0.0727. The van der Waals surface area contributed by atoms with E-state index in [4.69, 9.17) is 16.0 Å². The Bertz CT molecular complexity index is 1690. The van der Waals surface area contributed by atoms with Gasteiger partial charge >= 0.3 is 0 Å². The van der Waals surface area contributed by atoms with Crippen LogP contribution in [0.2, 0.25) is 5.02 Å². The number of hydrazone groups is 1. The highest BCUT2D eigenvalue weighted by Gasteiger charge is 2.26. The van der Waals surface area contributed by atoms with Crippen molar-refractivity contribution in [1.82, 2.24) is 14.5 Å². The molecule has 0 atom stereocenters. The molecular formula is C28H27ClN4O6S2. The van der Waals surface area contributed by atoms with E-state index >= 15 is 0 Å². The minimum Gasteiger partial charge on any atom is -0.459 e. The molecule has 214 valence electrons. The van der Waals surface area contributed by atoms with Gasteiger partial charge in [-0.05, 0) is 60.5 Å². The SMILES string of the molecule is O=C(CN(CCc1ccccc1)S(=O)(=O)c1ccccc1)N/N=C\c1ccc(CNS(=O)(=O)c2ccc(Cl)cc2)o1. The van der Waals surface area contributed by atoms with Crippen LogP contribution in [0.3, 0.4) is 0 Å². The molecule has 1 heterocycles. The highest BCUT2D eigenvalue weighted by atomic mass is 35.5. The number of sulfonamides is 2. The van der Waals surface area contributed by atoms with Crippen molar-refractivity contribution in [1.29, 1.82) is 0 Å². The van der Waals surface area contributed by atoms with E-state index in [1.807, 2.05) is 30.3 Å². The number of nitrogens with one attached hydrogen (secondary N) is 2. The van der Waals surface area contributed by atoms with Gasteiger partial charge in [0.05, 0.1) is 29.1 Å². The summed E-state index contributed by atoms with van der Waals surface area (Å²) >= 11 is 5.81. The van der Waals surface area contributed by atoms with Gasteiger partial charge in [0, 0.05) is 11.6 Å². The maximum atomic E-state index is 13.3. The van der Waals surface area contributed by atoms with Gasteiger partial charge in [-0.25, -0.2) is 27.0 Å². The Labute approximate surface area is 243 Å². The predicted octanol–water partition coefficient (Wildman–Crippen LogP) is 3.80. The Morgan fingerprint density at radius 2 is 1.51 bits per heavy atom. The topological polar surface area (TPSA) is 138 Å². The number of amides is 1. The predicted molar refractivity (Wildman–Crippen MR) is 155 cm³/mol. The molecule has 0 fully saturated rings. The summed E-state index contributed by atoms with van der Waals surface area (Å²) in [5, 5.41) is 4.27. The third-order valence-corrected chi connectivity index (χ3v) is 9.35. The second-order valence-electron chi connectivity index (χ2n) is 8.76. The summed E-state index contributed by atoms with van der Waals surface area (Å²) in [5.41, 5.74) is 3.25. The molecule has 1 amide bonds. The van der Waals surface area contributed by atoms with Gasteiger partial charge in [0.2, 0.25) is 20.0 Å². The minimum atomic E-state index is -3.94. The molecule has 0 aliphatic rings. The molecule has 0 spiro atoms. The molecule has 4 rings (SSSR count). The van der Waals surface area contributed by atoms with Crippen LogP contribution in [0, 0.1) is 0 Å². The summed E-state index contributed by atoms with van der Waals surface area (Å²) in [4.78, 5) is 12.8. The van der Waals surface area contributed by atoms with Gasteiger partial charge in [0.1, 0.15) is 11.5 Å². The van der Waals surface area contributed by atoms with Crippen molar-refractivity contribution in [2.75, 3.05) is 13.1 Å². The molecule has 41 heavy (non-hydrogen) atoms. The van der Waals surface area contributed by atoms with Gasteiger partial charge in [0.25, 0.3) is 5.91 Å². The van der Waals surface area contributed by atoms with Crippen LogP contribution in [0.4, 0.5) is 0 Å². The van der Waals surface area contributed by atoms with E-state index in [2.05, 4.69) is 15.2 Å². The zero-order valence-electron chi connectivity index (χ0n) is 21.7. The average Bonchev–Trinajstić information content (AvgIpc) is 3.43. The van der Waals surface area contributed by atoms with E-state index in [9.17, 15) is 21.6 Å². The first-order chi connectivity index (χ1) is 19.6. The third kappa shape index (κ3) is 8.59. The molecule has 0 saturated heterocycles. The number of hydrogen-bond acceptors (Lipinski definition) is 7. The van der Waals surface area contributed by atoms with Crippen LogP contribution in [0.1, 0.15) is 17.1 Å². The summed E-state index contributed by atoms with van der Waals surface area (Å²) in [7, 11) is -7.71. The van der Waals surface area contributed by atoms with Crippen molar-refractivity contribution in [2.24, 2.45) is 5.10 Å². The molecule has 4 aromatic rings. The highest BCUT2D eigenvalue weighted by molar-refractivity contribution is 7.89. The second kappa shape index (κ2) is 13.7. The van der Waals surface area contributed by atoms with Crippen LogP contribution in [0.25, 0.3) is 0 Å². The number of carbonyl (C=O) groups excluding carboxylic acids is 1. The normalized spacial score (nSPS) is 12.1. The summed E-state index contributed by atoms with van der Waals surface area (Å²) in [6.07, 6.45) is 1.65. The molecule has 2 N–H and O–H groups in total. The van der Waals surface area contributed by atoms with Crippen molar-refractivity contribution in [3.8, 4) is 0 Å². The number of nitrogens with zero attached hydrogens (tertiary/aromatic N) is 2. The lowest BCUT2D eigenvalue weighted by molar-refractivity contribution is -0.121. The van der Waals surface area contributed by atoms with Crippen LogP contribution >= 0.6 is 11.6 Å². The fourth-order valence-electron chi connectivity index (χ4n) is 3.71. The average molecular weight is 615 g/mol. The van der Waals surface area contributed by atoms with Gasteiger partial charge in [-0.1, -0.05) is 60.1 Å². The maximum Gasteiger partial charge on any atom is 0.255 e. The first kappa shape index (κ1) is 30.2. The Kier molecular flexibility index (Phi) is 10.1. The molecule has 0 aliphatic heterocycles. The number of rotatable bonds is 13. The standard InChI is InChI=1S/C28H27ClN4O6S2/c29-23-11-15-26(16-12-23)40(35,36)31-20-25-14-13-24(39-25)19-30-32-28(34)21-33(18-17-22-7-3-1-4-8-22)41(37,38)27-9-5-2-6-10-27/h1-16,19,31H,17-18,20-21H2,(H,32,34)/b30-19-. The van der Waals surface area contributed by atoms with Gasteiger partial charge in [-0.15, -0.1) is 0 Å². The smallest absolute Gasteiger partial charge is 0.255 e. The van der Waals surface area contributed by atoms with Gasteiger partial charge in [-0.3, -0.25) is 4.79 Å². The summed E-state index contributed by atoms with van der Waals surface area (Å²) in [6, 6.07) is 26.1. The van der Waals surface area contributed by atoms with Crippen LogP contribution in [-0.4, -0.2) is 46.4 Å². The second-order valence-corrected chi connectivity index (χ2v) is 12.9. The lowest BCUT2D eigenvalue weighted by atomic mass is 10.1. The van der Waals surface area contributed by atoms with Crippen molar-refractivity contribution < 1.29 is 26.0 Å². The van der Waals surface area contributed by atoms with Gasteiger partial charge < -0.3 is 4.42 Å². The maximum absolute atomic E-state index is 13.3. The molecule has 0 saturated carbocycles. The molecule has 1 aromatic heterocycles. The number of furan rings is 1. The first-order valence-corrected chi connectivity index (χ1v) is 15.7. The van der Waals surface area contributed by atoms with Gasteiger partial charge in [-0.2, -0.15) is 9.41 Å². The van der Waals surface area contributed by atoms with Gasteiger partial charge in [0.15, 0.2) is 0 Å². The van der Waals surface area contributed by atoms with E-state index in [1.165, 1.54) is 42.6 Å². The van der Waals surface area contributed by atoms with E-state index in [1.54, 1.807) is 30.3 Å². The molecular weight excluding hydrogens is 588 g/mol. The number of carbonyl (C=O) groups is 1. The Morgan fingerprint density at radius 1 is 0.854 bits per heavy atom. The number of benzene rings is 3. The van der Waals surface area contributed by atoms with E-state index in [0.717, 1.165) is 9.87 Å². The number of hydrogen-bond donors (Lipinski definition) is 2. The first-order valence-electron chi connectivity index (χ1n) is 12.4. The van der Waals surface area contributed by atoms with Crippen LogP contribution in [0.15, 0.2) is 116 Å². The zero-order chi connectivity index (χ0) is 29.3. The van der Waals surface area contributed by atoms with E-state index in [0.29, 0.717) is 17.2 Å². The zero-order valence-corrected chi connectivity index (χ0v) is 24.1. The van der Waals surface area contributed by atoms with E-state index < -0.39 is 32.5 Å². The Hall–Kier alpha value is -3.81. The number of halogens is 1. The Balaban J connectivity index is 1.35.